The number of hydrogen-bond acceptors (Lipinski definition) is 6. The van der Waals surface area contributed by atoms with E-state index in [4.69, 9.17) is 0 Å². The van der Waals surface area contributed by atoms with Crippen LogP contribution >= 0.6 is 11.7 Å². The third-order valence-electron chi connectivity index (χ3n) is 3.44. The molecule has 2 heterocycles. The van der Waals surface area contributed by atoms with Crippen molar-refractivity contribution in [3.63, 3.8) is 0 Å². The molecule has 1 atom stereocenters. The smallest absolute Gasteiger partial charge is 0.272 e. The predicted molar refractivity (Wildman–Crippen MR) is 74.1 cm³/mol. The fourth-order valence-corrected chi connectivity index (χ4v) is 4.29. The Hall–Kier alpha value is -1.58. The zero-order chi connectivity index (χ0) is 14.5. The van der Waals surface area contributed by atoms with E-state index in [9.17, 15) is 13.2 Å². The van der Waals surface area contributed by atoms with Gasteiger partial charge in [0, 0.05) is 13.6 Å². The minimum Gasteiger partial charge on any atom is -0.272 e. The van der Waals surface area contributed by atoms with Crippen LogP contribution < -0.4 is 0 Å². The standard InChI is InChI=1S/C11H12N4O3S2/c1-7-11(16)14(2)20(17,18)15(7)6-8-4-3-5-9-10(8)13-19-12-9/h3-5,7H,6H2,1-2H3. The summed E-state index contributed by atoms with van der Waals surface area (Å²) >= 11 is 1.08. The van der Waals surface area contributed by atoms with Crippen LogP contribution in [0.4, 0.5) is 0 Å². The Labute approximate surface area is 120 Å². The number of benzene rings is 1. The van der Waals surface area contributed by atoms with Gasteiger partial charge in [0.25, 0.3) is 5.91 Å². The number of carbonyl (C=O) groups is 1. The molecule has 1 aliphatic rings. The monoisotopic (exact) mass is 312 g/mol. The van der Waals surface area contributed by atoms with Gasteiger partial charge in [0.2, 0.25) is 0 Å². The van der Waals surface area contributed by atoms with E-state index in [2.05, 4.69) is 8.75 Å². The van der Waals surface area contributed by atoms with Crippen LogP contribution in [0.5, 0.6) is 0 Å². The molecule has 2 aromatic rings. The Morgan fingerprint density at radius 2 is 2.10 bits per heavy atom. The van der Waals surface area contributed by atoms with E-state index in [1.165, 1.54) is 11.4 Å². The maximum absolute atomic E-state index is 12.2. The van der Waals surface area contributed by atoms with Crippen LogP contribution in [-0.2, 0) is 21.5 Å². The number of aromatic nitrogens is 2. The van der Waals surface area contributed by atoms with E-state index >= 15 is 0 Å². The molecule has 0 bridgehead atoms. The number of fused-ring (bicyclic) bond motifs is 1. The third-order valence-corrected chi connectivity index (χ3v) is 5.89. The summed E-state index contributed by atoms with van der Waals surface area (Å²) in [6.45, 7) is 1.70. The summed E-state index contributed by atoms with van der Waals surface area (Å²) < 4.78 is 34.7. The van der Waals surface area contributed by atoms with E-state index in [0.29, 0.717) is 5.52 Å². The minimum atomic E-state index is -3.74. The molecule has 1 fully saturated rings. The molecule has 1 aliphatic heterocycles. The van der Waals surface area contributed by atoms with Gasteiger partial charge >= 0.3 is 10.2 Å². The first-order chi connectivity index (χ1) is 9.43. The number of amides is 1. The van der Waals surface area contributed by atoms with Crippen LogP contribution in [0.2, 0.25) is 0 Å². The molecule has 0 spiro atoms. The average molecular weight is 312 g/mol. The molecule has 1 aromatic carbocycles. The maximum Gasteiger partial charge on any atom is 0.307 e. The van der Waals surface area contributed by atoms with Crippen molar-refractivity contribution in [1.82, 2.24) is 17.4 Å². The molecule has 20 heavy (non-hydrogen) atoms. The maximum atomic E-state index is 12.2. The van der Waals surface area contributed by atoms with Gasteiger partial charge in [0.05, 0.1) is 11.7 Å². The predicted octanol–water partition coefficient (Wildman–Crippen LogP) is 0.599. The minimum absolute atomic E-state index is 0.113. The molecular weight excluding hydrogens is 300 g/mol. The Bertz CT molecular complexity index is 786. The third kappa shape index (κ3) is 1.81. The van der Waals surface area contributed by atoms with E-state index in [1.54, 1.807) is 19.1 Å². The Kier molecular flexibility index (Phi) is 3.00. The second-order valence-electron chi connectivity index (χ2n) is 4.58. The van der Waals surface area contributed by atoms with E-state index < -0.39 is 22.2 Å². The summed E-state index contributed by atoms with van der Waals surface area (Å²) in [6.07, 6.45) is 0. The molecule has 1 amide bonds. The number of nitrogens with zero attached hydrogens (tertiary/aromatic N) is 4. The molecule has 0 saturated carbocycles. The highest BCUT2D eigenvalue weighted by Gasteiger charge is 2.46. The first-order valence-electron chi connectivity index (χ1n) is 5.92. The molecule has 106 valence electrons. The normalized spacial score (nSPS) is 22.8. The highest BCUT2D eigenvalue weighted by Crippen LogP contribution is 2.26. The van der Waals surface area contributed by atoms with Gasteiger partial charge in [0.15, 0.2) is 0 Å². The Balaban J connectivity index is 2.03. The number of carbonyl (C=O) groups excluding carboxylic acids is 1. The lowest BCUT2D eigenvalue weighted by atomic mass is 10.1. The molecule has 0 aliphatic carbocycles. The lowest BCUT2D eigenvalue weighted by Gasteiger charge is -2.17. The summed E-state index contributed by atoms with van der Waals surface area (Å²) in [4.78, 5) is 11.8. The van der Waals surface area contributed by atoms with Crippen LogP contribution in [-0.4, -0.2) is 44.8 Å². The van der Waals surface area contributed by atoms with E-state index in [0.717, 1.165) is 27.1 Å². The van der Waals surface area contributed by atoms with Gasteiger partial charge in [0.1, 0.15) is 17.1 Å². The molecular formula is C11H12N4O3S2. The molecule has 0 radical (unpaired) electrons. The van der Waals surface area contributed by atoms with Gasteiger partial charge in [-0.05, 0) is 18.6 Å². The van der Waals surface area contributed by atoms with Gasteiger partial charge in [-0.3, -0.25) is 4.79 Å². The van der Waals surface area contributed by atoms with E-state index in [-0.39, 0.29) is 6.54 Å². The van der Waals surface area contributed by atoms with Crippen LogP contribution in [0.15, 0.2) is 18.2 Å². The highest BCUT2D eigenvalue weighted by atomic mass is 32.2. The van der Waals surface area contributed by atoms with E-state index in [1.807, 2.05) is 6.07 Å². The molecule has 7 nitrogen and oxygen atoms in total. The van der Waals surface area contributed by atoms with Crippen molar-refractivity contribution in [3.8, 4) is 0 Å². The fourth-order valence-electron chi connectivity index (χ4n) is 2.23. The molecule has 1 unspecified atom stereocenters. The molecule has 1 saturated heterocycles. The van der Waals surface area contributed by atoms with Gasteiger partial charge in [-0.25, -0.2) is 4.31 Å². The van der Waals surface area contributed by atoms with Crippen molar-refractivity contribution in [2.45, 2.75) is 19.5 Å². The SMILES string of the molecule is CC1C(=O)N(C)S(=O)(=O)N1Cc1cccc2nsnc12. The summed E-state index contributed by atoms with van der Waals surface area (Å²) in [5, 5.41) is 0. The van der Waals surface area contributed by atoms with Crippen molar-refractivity contribution in [2.24, 2.45) is 0 Å². The summed E-state index contributed by atoms with van der Waals surface area (Å²) in [5.74, 6) is -0.423. The van der Waals surface area contributed by atoms with Crippen LogP contribution in [0.1, 0.15) is 12.5 Å². The Morgan fingerprint density at radius 1 is 1.35 bits per heavy atom. The number of hydrogen-bond donors (Lipinski definition) is 0. The first kappa shape index (κ1) is 13.4. The van der Waals surface area contributed by atoms with Gasteiger partial charge < -0.3 is 0 Å². The average Bonchev–Trinajstić information content (AvgIpc) is 2.95. The molecule has 3 rings (SSSR count). The first-order valence-corrected chi connectivity index (χ1v) is 8.05. The van der Waals surface area contributed by atoms with Crippen LogP contribution in [0.3, 0.4) is 0 Å². The van der Waals surface area contributed by atoms with Crippen LogP contribution in [0.25, 0.3) is 11.0 Å². The van der Waals surface area contributed by atoms with Crippen molar-refractivity contribution in [2.75, 3.05) is 7.05 Å². The topological polar surface area (TPSA) is 83.5 Å². The lowest BCUT2D eigenvalue weighted by Crippen LogP contribution is -2.33. The van der Waals surface area contributed by atoms with Crippen molar-refractivity contribution in [1.29, 1.82) is 0 Å². The molecule has 1 aromatic heterocycles. The van der Waals surface area contributed by atoms with Crippen molar-refractivity contribution < 1.29 is 13.2 Å². The second kappa shape index (κ2) is 4.47. The lowest BCUT2D eigenvalue weighted by molar-refractivity contribution is -0.126. The molecule has 0 N–H and O–H groups in total. The van der Waals surface area contributed by atoms with Gasteiger partial charge in [-0.15, -0.1) is 0 Å². The summed E-state index contributed by atoms with van der Waals surface area (Å²) in [7, 11) is -2.46. The van der Waals surface area contributed by atoms with Crippen molar-refractivity contribution >= 4 is 38.9 Å². The van der Waals surface area contributed by atoms with Gasteiger partial charge in [-0.1, -0.05) is 12.1 Å². The number of rotatable bonds is 2. The number of likely N-dealkylation sites (N-methyl/N-ethyl adjacent to an activating group) is 1. The fraction of sp³-hybridized carbons (Fsp3) is 0.364. The zero-order valence-corrected chi connectivity index (χ0v) is 12.5. The summed E-state index contributed by atoms with van der Waals surface area (Å²) in [6, 6.07) is 4.72. The zero-order valence-electron chi connectivity index (χ0n) is 10.8. The quantitative estimate of drug-likeness (QED) is 0.811. The van der Waals surface area contributed by atoms with Crippen LogP contribution in [0, 0.1) is 0 Å². The van der Waals surface area contributed by atoms with Crippen molar-refractivity contribution in [3.05, 3.63) is 23.8 Å². The Morgan fingerprint density at radius 3 is 2.75 bits per heavy atom. The second-order valence-corrected chi connectivity index (χ2v) is 7.02. The summed E-state index contributed by atoms with van der Waals surface area (Å²) in [5.41, 5.74) is 2.16. The molecule has 9 heteroatoms. The largest absolute Gasteiger partial charge is 0.307 e. The van der Waals surface area contributed by atoms with Gasteiger partial charge in [-0.2, -0.15) is 21.5 Å². The highest BCUT2D eigenvalue weighted by molar-refractivity contribution is 7.87.